The van der Waals surface area contributed by atoms with Crippen LogP contribution in [0.5, 0.6) is 11.5 Å². The van der Waals surface area contributed by atoms with Gasteiger partial charge in [-0.25, -0.2) is 16.8 Å². The highest BCUT2D eigenvalue weighted by Crippen LogP contribution is 2.52. The predicted octanol–water partition coefficient (Wildman–Crippen LogP) is 10.7. The van der Waals surface area contributed by atoms with E-state index in [1.54, 1.807) is 27.7 Å². The van der Waals surface area contributed by atoms with Crippen LogP contribution in [-0.4, -0.2) is 61.0 Å². The highest BCUT2D eigenvalue weighted by atomic mass is 32.2. The summed E-state index contributed by atoms with van der Waals surface area (Å²) in [5, 5.41) is 25.3. The Hall–Kier alpha value is -3.78. The highest BCUT2D eigenvalue weighted by Gasteiger charge is 2.49. The summed E-state index contributed by atoms with van der Waals surface area (Å²) < 4.78 is 75.9. The van der Waals surface area contributed by atoms with Gasteiger partial charge in [0.15, 0.2) is 12.5 Å². The van der Waals surface area contributed by atoms with Crippen LogP contribution < -0.4 is 0 Å². The van der Waals surface area contributed by atoms with Crippen molar-refractivity contribution < 1.29 is 36.5 Å². The molecule has 6 rings (SSSR count). The SMILES string of the molecule is Cc1cc(C)c(S(=O)(=O)N2[C@@H](C(C)C)CO[C@H]2c2cc(C(C)(C)C)cc(-c3cc(C(C)(C)C)cc([C@@H]4OC[C@H](C(C)C)N4S(=O)(=O)c4c(C)cc(C)cc4C)c3O)c2O)c(C)c1. The Bertz CT molecular complexity index is 2390. The molecule has 2 aliphatic rings. The minimum atomic E-state index is -4.20. The third kappa shape index (κ3) is 8.48. The molecule has 12 heteroatoms. The van der Waals surface area contributed by atoms with Crippen LogP contribution in [0.3, 0.4) is 0 Å². The maximum Gasteiger partial charge on any atom is 0.246 e. The van der Waals surface area contributed by atoms with Crippen LogP contribution in [0, 0.1) is 53.4 Å². The molecular formula is C50H68N2O8S2. The average molecular weight is 889 g/mol. The van der Waals surface area contributed by atoms with Crippen molar-refractivity contribution >= 4 is 20.0 Å². The van der Waals surface area contributed by atoms with Crippen LogP contribution >= 0.6 is 0 Å². The van der Waals surface area contributed by atoms with E-state index in [0.29, 0.717) is 22.3 Å². The summed E-state index contributed by atoms with van der Waals surface area (Å²) in [4.78, 5) is 0.422. The van der Waals surface area contributed by atoms with Gasteiger partial charge in [-0.1, -0.05) is 105 Å². The van der Waals surface area contributed by atoms with Crippen molar-refractivity contribution in [3.8, 4) is 22.6 Å². The molecule has 0 amide bonds. The Morgan fingerprint density at radius 3 is 1.08 bits per heavy atom. The zero-order chi connectivity index (χ0) is 46.3. The van der Waals surface area contributed by atoms with Gasteiger partial charge in [-0.05, 0) is 122 Å². The lowest BCUT2D eigenvalue weighted by atomic mass is 9.80. The minimum Gasteiger partial charge on any atom is -0.507 e. The second kappa shape index (κ2) is 16.7. The van der Waals surface area contributed by atoms with Crippen molar-refractivity contribution in [1.82, 2.24) is 8.61 Å². The number of ether oxygens (including phenoxy) is 2. The van der Waals surface area contributed by atoms with E-state index in [4.69, 9.17) is 9.47 Å². The molecule has 62 heavy (non-hydrogen) atoms. The van der Waals surface area contributed by atoms with Gasteiger partial charge in [0.25, 0.3) is 0 Å². The van der Waals surface area contributed by atoms with Gasteiger partial charge in [0, 0.05) is 22.3 Å². The molecule has 2 aliphatic heterocycles. The van der Waals surface area contributed by atoms with E-state index in [1.165, 1.54) is 8.61 Å². The fourth-order valence-electron chi connectivity index (χ4n) is 9.38. The lowest BCUT2D eigenvalue weighted by Gasteiger charge is -2.33. The van der Waals surface area contributed by atoms with E-state index >= 15 is 16.8 Å². The van der Waals surface area contributed by atoms with E-state index in [0.717, 1.165) is 22.3 Å². The first kappa shape index (κ1) is 47.7. The lowest BCUT2D eigenvalue weighted by Crippen LogP contribution is -2.41. The van der Waals surface area contributed by atoms with Crippen LogP contribution in [0.4, 0.5) is 0 Å². The predicted molar refractivity (Wildman–Crippen MR) is 247 cm³/mol. The first-order valence-electron chi connectivity index (χ1n) is 21.7. The Kier molecular flexibility index (Phi) is 12.8. The van der Waals surface area contributed by atoms with Gasteiger partial charge in [0.1, 0.15) is 11.5 Å². The molecule has 338 valence electrons. The van der Waals surface area contributed by atoms with Gasteiger partial charge in [0.2, 0.25) is 20.0 Å². The number of rotatable bonds is 9. The van der Waals surface area contributed by atoms with Crippen LogP contribution in [-0.2, 0) is 40.4 Å². The van der Waals surface area contributed by atoms with Crippen LogP contribution in [0.1, 0.15) is 137 Å². The highest BCUT2D eigenvalue weighted by molar-refractivity contribution is 7.89. The molecule has 0 aliphatic carbocycles. The molecule has 4 aromatic rings. The molecule has 2 fully saturated rings. The molecular weight excluding hydrogens is 821 g/mol. The molecule has 0 unspecified atom stereocenters. The molecule has 0 saturated carbocycles. The normalized spacial score (nSPS) is 20.9. The fourth-order valence-corrected chi connectivity index (χ4v) is 13.8. The largest absolute Gasteiger partial charge is 0.507 e. The Balaban J connectivity index is 1.63. The average Bonchev–Trinajstić information content (AvgIpc) is 3.77. The molecule has 4 atom stereocenters. The molecule has 4 aromatic carbocycles. The standard InChI is InChI=1S/C50H68N2O8S2/c1-27(2)41-25-59-47(51(41)61(55,56)45-31(7)17-29(5)18-32(45)8)39-23-35(49(11,12)13)21-37(43(39)53)38-22-36(50(14,15)16)24-40(44(38)54)48-52(42(26-60-48)28(3)4)62(57,58)46-33(9)19-30(6)20-34(46)10/h17-24,27-28,41-42,47-48,53-54H,25-26H2,1-16H3/t41-,42-,47+,48+/m1/s1. The van der Waals surface area contributed by atoms with E-state index in [9.17, 15) is 10.2 Å². The summed E-state index contributed by atoms with van der Waals surface area (Å²) in [7, 11) is -8.40. The van der Waals surface area contributed by atoms with E-state index in [-0.39, 0.29) is 68.6 Å². The van der Waals surface area contributed by atoms with E-state index < -0.39 is 55.4 Å². The molecule has 0 radical (unpaired) electrons. The Morgan fingerprint density at radius 1 is 0.532 bits per heavy atom. The number of aromatic hydroxyl groups is 2. The molecule has 0 aromatic heterocycles. The first-order valence-corrected chi connectivity index (χ1v) is 24.6. The van der Waals surface area contributed by atoms with Crippen LogP contribution in [0.2, 0.25) is 0 Å². The zero-order valence-electron chi connectivity index (χ0n) is 39.6. The lowest BCUT2D eigenvalue weighted by molar-refractivity contribution is 0.0653. The molecule has 2 heterocycles. The summed E-state index contributed by atoms with van der Waals surface area (Å²) in [6.45, 7) is 31.3. The summed E-state index contributed by atoms with van der Waals surface area (Å²) in [6.07, 6.45) is -2.40. The third-order valence-corrected chi connectivity index (χ3v) is 17.0. The van der Waals surface area contributed by atoms with E-state index in [2.05, 4.69) is 0 Å². The van der Waals surface area contributed by atoms with Crippen molar-refractivity contribution in [3.63, 3.8) is 0 Å². The van der Waals surface area contributed by atoms with Gasteiger partial charge in [-0.2, -0.15) is 8.61 Å². The molecule has 2 saturated heterocycles. The number of phenolic OH excluding ortho intramolecular Hbond substituents is 2. The molecule has 10 nitrogen and oxygen atoms in total. The number of phenols is 2. The monoisotopic (exact) mass is 888 g/mol. The number of hydrogen-bond donors (Lipinski definition) is 2. The summed E-state index contributed by atoms with van der Waals surface area (Å²) >= 11 is 0. The van der Waals surface area contributed by atoms with Crippen LogP contribution in [0.25, 0.3) is 11.1 Å². The maximum absolute atomic E-state index is 15.0. The van der Waals surface area contributed by atoms with Gasteiger partial charge < -0.3 is 19.7 Å². The molecule has 0 spiro atoms. The number of aryl methyl sites for hydroxylation is 6. The smallest absolute Gasteiger partial charge is 0.246 e. The van der Waals surface area contributed by atoms with Crippen molar-refractivity contribution in [3.05, 3.63) is 104 Å². The van der Waals surface area contributed by atoms with Crippen molar-refractivity contribution in [2.75, 3.05) is 13.2 Å². The summed E-state index contributed by atoms with van der Waals surface area (Å²) in [6, 6.07) is 13.6. The number of sulfonamides is 2. The van der Waals surface area contributed by atoms with E-state index in [1.807, 2.05) is 132 Å². The zero-order valence-corrected chi connectivity index (χ0v) is 41.2. The first-order chi connectivity index (χ1) is 28.5. The number of hydrogen-bond acceptors (Lipinski definition) is 8. The van der Waals surface area contributed by atoms with Gasteiger partial charge in [-0.3, -0.25) is 0 Å². The summed E-state index contributed by atoms with van der Waals surface area (Å²) in [5.41, 5.74) is 5.93. The topological polar surface area (TPSA) is 134 Å². The summed E-state index contributed by atoms with van der Waals surface area (Å²) in [5.74, 6) is -0.757. The third-order valence-electron chi connectivity index (χ3n) is 12.6. The Morgan fingerprint density at radius 2 is 0.823 bits per heavy atom. The maximum atomic E-state index is 15.0. The number of benzene rings is 4. The van der Waals surface area contributed by atoms with Gasteiger partial charge in [0.05, 0.1) is 35.1 Å². The van der Waals surface area contributed by atoms with Crippen molar-refractivity contribution in [1.29, 1.82) is 0 Å². The number of nitrogens with zero attached hydrogens (tertiary/aromatic N) is 2. The van der Waals surface area contributed by atoms with Gasteiger partial charge >= 0.3 is 0 Å². The quantitative estimate of drug-likeness (QED) is 0.170. The van der Waals surface area contributed by atoms with Crippen molar-refractivity contribution in [2.24, 2.45) is 11.8 Å². The molecule has 0 bridgehead atoms. The Labute approximate surface area is 371 Å². The minimum absolute atomic E-state index is 0.106. The second-order valence-electron chi connectivity index (χ2n) is 20.5. The van der Waals surface area contributed by atoms with Gasteiger partial charge in [-0.15, -0.1) is 0 Å². The van der Waals surface area contributed by atoms with Crippen molar-refractivity contribution in [2.45, 2.75) is 156 Å². The fraction of sp³-hybridized carbons (Fsp3) is 0.520. The van der Waals surface area contributed by atoms with Crippen LogP contribution in [0.15, 0.2) is 58.3 Å². The second-order valence-corrected chi connectivity index (χ2v) is 24.1. The molecule has 2 N–H and O–H groups in total.